The summed E-state index contributed by atoms with van der Waals surface area (Å²) >= 11 is 18.1. The minimum atomic E-state index is -0.673. The molecule has 0 atom stereocenters. The zero-order valence-electron chi connectivity index (χ0n) is 17.2. The monoisotopic (exact) mass is 517 g/mol. The Kier molecular flexibility index (Phi) is 8.50. The number of nitrogens with zero attached hydrogens (tertiary/aromatic N) is 1. The molecule has 0 fully saturated rings. The van der Waals surface area contributed by atoms with Gasteiger partial charge in [-0.15, -0.1) is 0 Å². The minimum absolute atomic E-state index is 0.0323. The van der Waals surface area contributed by atoms with Gasteiger partial charge in [-0.25, -0.2) is 4.39 Å². The number of carbonyl (C=O) groups is 2. The summed E-state index contributed by atoms with van der Waals surface area (Å²) < 4.78 is 19.0. The van der Waals surface area contributed by atoms with Crippen molar-refractivity contribution in [2.45, 2.75) is 0 Å². The van der Waals surface area contributed by atoms with Crippen LogP contribution in [0.4, 0.5) is 15.8 Å². The number of nitriles is 1. The summed E-state index contributed by atoms with van der Waals surface area (Å²) in [5, 5.41) is 15.1. The molecule has 0 aliphatic rings. The van der Waals surface area contributed by atoms with Gasteiger partial charge in [-0.1, -0.05) is 53.0 Å². The zero-order valence-corrected chi connectivity index (χ0v) is 19.5. The van der Waals surface area contributed by atoms with Crippen molar-refractivity contribution < 1.29 is 18.7 Å². The number of rotatable bonds is 7. The van der Waals surface area contributed by atoms with Crippen LogP contribution in [-0.4, -0.2) is 18.4 Å². The third-order valence-corrected chi connectivity index (χ3v) is 5.16. The van der Waals surface area contributed by atoms with Crippen molar-refractivity contribution in [2.24, 2.45) is 0 Å². The SMILES string of the molecule is N#C/C(=C/c1ccc(OCC(=O)Nc2ccccc2F)c(Cl)c1)C(=O)Nc1ccc(Cl)cc1Cl. The van der Waals surface area contributed by atoms with Gasteiger partial charge in [-0.3, -0.25) is 9.59 Å². The number of hydrogen-bond acceptors (Lipinski definition) is 4. The maximum Gasteiger partial charge on any atom is 0.266 e. The summed E-state index contributed by atoms with van der Waals surface area (Å²) in [6.45, 7) is -0.406. The summed E-state index contributed by atoms with van der Waals surface area (Å²) in [5.74, 6) is -1.62. The number of benzene rings is 3. The highest BCUT2D eigenvalue weighted by Gasteiger charge is 2.13. The first-order chi connectivity index (χ1) is 16.3. The van der Waals surface area contributed by atoms with Gasteiger partial charge in [0.15, 0.2) is 6.61 Å². The van der Waals surface area contributed by atoms with Crippen molar-refractivity contribution in [3.63, 3.8) is 0 Å². The highest BCUT2D eigenvalue weighted by molar-refractivity contribution is 6.37. The second kappa shape index (κ2) is 11.5. The molecule has 3 rings (SSSR count). The second-order valence-electron chi connectivity index (χ2n) is 6.75. The number of anilines is 2. The molecule has 0 radical (unpaired) electrons. The maximum atomic E-state index is 13.6. The summed E-state index contributed by atoms with van der Waals surface area (Å²) in [7, 11) is 0. The number of para-hydroxylation sites is 1. The van der Waals surface area contributed by atoms with Crippen LogP contribution in [0, 0.1) is 17.1 Å². The first kappa shape index (κ1) is 25.1. The van der Waals surface area contributed by atoms with E-state index in [0.29, 0.717) is 16.3 Å². The normalized spacial score (nSPS) is 10.9. The number of carbonyl (C=O) groups excluding carboxylic acids is 2. The standard InChI is InChI=1S/C24H15Cl3FN3O3/c25-16-6-7-20(17(26)11-16)31-24(33)15(12-29)9-14-5-8-22(18(27)10-14)34-13-23(32)30-21-4-2-1-3-19(21)28/h1-11H,13H2,(H,30,32)(H,31,33)/b15-9-. The lowest BCUT2D eigenvalue weighted by Gasteiger charge is -2.10. The minimum Gasteiger partial charge on any atom is -0.482 e. The Labute approximate surface area is 209 Å². The smallest absolute Gasteiger partial charge is 0.266 e. The van der Waals surface area contributed by atoms with E-state index in [1.807, 2.05) is 6.07 Å². The summed E-state index contributed by atoms with van der Waals surface area (Å²) in [6.07, 6.45) is 1.33. The van der Waals surface area contributed by atoms with Crippen molar-refractivity contribution in [3.8, 4) is 11.8 Å². The van der Waals surface area contributed by atoms with E-state index < -0.39 is 24.2 Å². The molecule has 10 heteroatoms. The van der Waals surface area contributed by atoms with Crippen molar-refractivity contribution >= 4 is 64.1 Å². The fourth-order valence-corrected chi connectivity index (χ4v) is 3.41. The summed E-state index contributed by atoms with van der Waals surface area (Å²) in [6, 6.07) is 16.6. The van der Waals surface area contributed by atoms with Crippen LogP contribution in [0.5, 0.6) is 5.75 Å². The van der Waals surface area contributed by atoms with E-state index in [9.17, 15) is 19.2 Å². The van der Waals surface area contributed by atoms with Gasteiger partial charge in [0.1, 0.15) is 23.2 Å². The summed E-state index contributed by atoms with van der Waals surface area (Å²) in [4.78, 5) is 24.5. The molecule has 0 saturated heterocycles. The van der Waals surface area contributed by atoms with Crippen LogP contribution < -0.4 is 15.4 Å². The van der Waals surface area contributed by atoms with E-state index in [2.05, 4.69) is 10.6 Å². The molecule has 0 saturated carbocycles. The van der Waals surface area contributed by atoms with E-state index in [1.165, 1.54) is 48.5 Å². The number of ether oxygens (including phenoxy) is 1. The topological polar surface area (TPSA) is 91.2 Å². The van der Waals surface area contributed by atoms with Gasteiger partial charge < -0.3 is 15.4 Å². The second-order valence-corrected chi connectivity index (χ2v) is 8.01. The molecule has 172 valence electrons. The molecule has 3 aromatic carbocycles. The van der Waals surface area contributed by atoms with E-state index >= 15 is 0 Å². The molecule has 0 aliphatic carbocycles. The Morgan fingerprint density at radius 2 is 1.74 bits per heavy atom. The Bertz CT molecular complexity index is 1320. The molecule has 2 amide bonds. The maximum absolute atomic E-state index is 13.6. The van der Waals surface area contributed by atoms with Gasteiger partial charge >= 0.3 is 0 Å². The number of nitrogens with one attached hydrogen (secondary N) is 2. The van der Waals surface area contributed by atoms with Crippen LogP contribution >= 0.6 is 34.8 Å². The van der Waals surface area contributed by atoms with Crippen LogP contribution in [0.25, 0.3) is 6.08 Å². The third kappa shape index (κ3) is 6.72. The average molecular weight is 519 g/mol. The van der Waals surface area contributed by atoms with Gasteiger partial charge in [-0.05, 0) is 54.1 Å². The molecule has 0 aliphatic heterocycles. The van der Waals surface area contributed by atoms with Gasteiger partial charge in [-0.2, -0.15) is 5.26 Å². The zero-order chi connectivity index (χ0) is 24.7. The van der Waals surface area contributed by atoms with Crippen molar-refractivity contribution in [2.75, 3.05) is 17.2 Å². The molecular weight excluding hydrogens is 504 g/mol. The molecule has 0 unspecified atom stereocenters. The first-order valence-electron chi connectivity index (χ1n) is 9.61. The Hall–Kier alpha value is -3.57. The van der Waals surface area contributed by atoms with E-state index in [0.717, 1.165) is 0 Å². The molecule has 3 aromatic rings. The molecule has 34 heavy (non-hydrogen) atoms. The van der Waals surface area contributed by atoms with Crippen LogP contribution in [-0.2, 0) is 9.59 Å². The highest BCUT2D eigenvalue weighted by Crippen LogP contribution is 2.28. The Balaban J connectivity index is 1.65. The van der Waals surface area contributed by atoms with E-state index in [4.69, 9.17) is 39.5 Å². The quantitative estimate of drug-likeness (QED) is 0.282. The largest absolute Gasteiger partial charge is 0.482 e. The predicted octanol–water partition coefficient (Wildman–Crippen LogP) is 6.35. The molecular formula is C24H15Cl3FN3O3. The highest BCUT2D eigenvalue weighted by atomic mass is 35.5. The fraction of sp³-hybridized carbons (Fsp3) is 0.0417. The van der Waals surface area contributed by atoms with E-state index in [-0.39, 0.29) is 27.1 Å². The summed E-state index contributed by atoms with van der Waals surface area (Å²) in [5.41, 5.74) is 0.583. The predicted molar refractivity (Wildman–Crippen MR) is 131 cm³/mol. The lowest BCUT2D eigenvalue weighted by Crippen LogP contribution is -2.20. The lowest BCUT2D eigenvalue weighted by atomic mass is 10.1. The number of halogens is 4. The number of amides is 2. The lowest BCUT2D eigenvalue weighted by molar-refractivity contribution is -0.118. The Morgan fingerprint density at radius 3 is 2.41 bits per heavy atom. The van der Waals surface area contributed by atoms with Gasteiger partial charge in [0, 0.05) is 5.02 Å². The van der Waals surface area contributed by atoms with E-state index in [1.54, 1.807) is 18.2 Å². The molecule has 6 nitrogen and oxygen atoms in total. The van der Waals surface area contributed by atoms with Crippen molar-refractivity contribution in [1.82, 2.24) is 0 Å². The van der Waals surface area contributed by atoms with Crippen LogP contribution in [0.2, 0.25) is 15.1 Å². The van der Waals surface area contributed by atoms with Gasteiger partial charge in [0.2, 0.25) is 0 Å². The van der Waals surface area contributed by atoms with Gasteiger partial charge in [0.05, 0.1) is 21.4 Å². The molecule has 2 N–H and O–H groups in total. The fourth-order valence-electron chi connectivity index (χ4n) is 2.71. The molecule has 0 bridgehead atoms. The van der Waals surface area contributed by atoms with Gasteiger partial charge in [0.25, 0.3) is 11.8 Å². The molecule has 0 heterocycles. The van der Waals surface area contributed by atoms with Crippen LogP contribution in [0.1, 0.15) is 5.56 Å². The number of hydrogen-bond donors (Lipinski definition) is 2. The van der Waals surface area contributed by atoms with Crippen molar-refractivity contribution in [3.05, 3.63) is 92.7 Å². The average Bonchev–Trinajstić information content (AvgIpc) is 2.80. The first-order valence-corrected chi connectivity index (χ1v) is 10.7. The van der Waals surface area contributed by atoms with Crippen LogP contribution in [0.3, 0.4) is 0 Å². The molecule has 0 spiro atoms. The third-order valence-electron chi connectivity index (χ3n) is 4.32. The molecule has 0 aromatic heterocycles. The Morgan fingerprint density at radius 1 is 0.971 bits per heavy atom. The van der Waals surface area contributed by atoms with Crippen LogP contribution in [0.15, 0.2) is 66.2 Å². The van der Waals surface area contributed by atoms with Crippen molar-refractivity contribution in [1.29, 1.82) is 5.26 Å².